The summed E-state index contributed by atoms with van der Waals surface area (Å²) in [7, 11) is 0. The standard InChI is InChI=1S/C23H39N2S2.C5H4N2O4/c1-5-7-9-11-13-15-24-20(3)18-26-22(24)17-23-25(21(4)19-27-23)16-14-12-10-8-6-2;8-3-1-2(4(9)10)6-5(11)7-3/h17-19H,5-16H2,1-4H3;1H,(H,9,10)(H2,6,7,8,11)/q+1;/p-1. The molecule has 0 spiro atoms. The molecule has 0 saturated heterocycles. The van der Waals surface area contributed by atoms with Gasteiger partial charge in [0.05, 0.1) is 28.1 Å². The maximum absolute atomic E-state index is 10.4. The minimum absolute atomic E-state index is 0.529. The van der Waals surface area contributed by atoms with Gasteiger partial charge in [-0.2, -0.15) is 4.57 Å². The molecule has 2 N–H and O–H groups in total. The van der Waals surface area contributed by atoms with E-state index in [9.17, 15) is 19.5 Å². The highest BCUT2D eigenvalue weighted by atomic mass is 32.2. The lowest BCUT2D eigenvalue weighted by molar-refractivity contribution is -0.700. The van der Waals surface area contributed by atoms with Gasteiger partial charge in [0.15, 0.2) is 5.69 Å². The highest BCUT2D eigenvalue weighted by Gasteiger charge is 2.22. The topological polar surface area (TPSA) is 113 Å². The number of thiazole rings is 1. The highest BCUT2D eigenvalue weighted by molar-refractivity contribution is 8.06. The number of hydrogen-bond acceptors (Lipinski definition) is 7. The highest BCUT2D eigenvalue weighted by Crippen LogP contribution is 2.36. The summed E-state index contributed by atoms with van der Waals surface area (Å²) >= 11 is 3.79. The van der Waals surface area contributed by atoms with Gasteiger partial charge in [-0.25, -0.2) is 4.79 Å². The average Bonchev–Trinajstić information content (AvgIpc) is 3.40. The lowest BCUT2D eigenvalue weighted by atomic mass is 10.1. The van der Waals surface area contributed by atoms with E-state index in [0.29, 0.717) is 0 Å². The normalized spacial score (nSPS) is 13.9. The Morgan fingerprint density at radius 3 is 2.29 bits per heavy atom. The van der Waals surface area contributed by atoms with Crippen LogP contribution < -0.4 is 20.9 Å². The van der Waals surface area contributed by atoms with E-state index in [4.69, 9.17) is 0 Å². The van der Waals surface area contributed by atoms with Crippen LogP contribution in [0.2, 0.25) is 0 Å². The van der Waals surface area contributed by atoms with Crippen LogP contribution in [0, 0.1) is 6.92 Å². The molecule has 0 amide bonds. The number of unbranched alkanes of at least 4 members (excludes halogenated alkanes) is 8. The van der Waals surface area contributed by atoms with Crippen molar-refractivity contribution in [1.29, 1.82) is 0 Å². The maximum atomic E-state index is 10.4. The van der Waals surface area contributed by atoms with Gasteiger partial charge in [-0.15, -0.1) is 0 Å². The molecule has 3 rings (SSSR count). The summed E-state index contributed by atoms with van der Waals surface area (Å²) in [5, 5.41) is 17.5. The second-order valence-electron chi connectivity index (χ2n) is 9.50. The summed E-state index contributed by atoms with van der Waals surface area (Å²) < 4.78 is 2.53. The molecular formula is C28H42N4O4S2. The Kier molecular flexibility index (Phi) is 14.2. The number of aryl methyl sites for hydroxylation is 1. The molecule has 0 aromatic carbocycles. The van der Waals surface area contributed by atoms with E-state index < -0.39 is 22.9 Å². The summed E-state index contributed by atoms with van der Waals surface area (Å²) in [6.45, 7) is 11.4. The number of aromatic nitrogens is 3. The number of aromatic amines is 2. The molecule has 0 radical (unpaired) electrons. The Morgan fingerprint density at radius 2 is 1.66 bits per heavy atom. The molecule has 0 atom stereocenters. The van der Waals surface area contributed by atoms with Crippen molar-refractivity contribution in [1.82, 2.24) is 14.9 Å². The van der Waals surface area contributed by atoms with Crippen molar-refractivity contribution >= 4 is 35.1 Å². The molecule has 0 aliphatic carbocycles. The van der Waals surface area contributed by atoms with Crippen LogP contribution in [0.15, 0.2) is 37.2 Å². The fourth-order valence-corrected chi connectivity index (χ4v) is 6.12. The Labute approximate surface area is 233 Å². The van der Waals surface area contributed by atoms with Crippen LogP contribution in [0.1, 0.15) is 106 Å². The van der Waals surface area contributed by atoms with Crippen molar-refractivity contribution in [2.45, 2.75) is 98.4 Å². The smallest absolute Gasteiger partial charge is 0.326 e. The number of aromatic carboxylic acids is 1. The van der Waals surface area contributed by atoms with Crippen LogP contribution in [0.3, 0.4) is 0 Å². The summed E-state index contributed by atoms with van der Waals surface area (Å²) in [6, 6.07) is 0.733. The number of nitrogens with one attached hydrogen (secondary N) is 2. The Bertz CT molecular complexity index is 1170. The van der Waals surface area contributed by atoms with E-state index in [0.717, 1.165) is 19.2 Å². The molecule has 38 heavy (non-hydrogen) atoms. The van der Waals surface area contributed by atoms with Gasteiger partial charge < -0.3 is 19.8 Å². The molecule has 8 nitrogen and oxygen atoms in total. The zero-order valence-electron chi connectivity index (χ0n) is 23.1. The predicted molar refractivity (Wildman–Crippen MR) is 155 cm³/mol. The minimum Gasteiger partial charge on any atom is -0.543 e. The molecule has 0 unspecified atom stereocenters. The largest absolute Gasteiger partial charge is 0.543 e. The third-order valence-corrected chi connectivity index (χ3v) is 8.36. The maximum Gasteiger partial charge on any atom is 0.326 e. The molecule has 1 aliphatic rings. The summed E-state index contributed by atoms with van der Waals surface area (Å²) in [4.78, 5) is 37.1. The molecule has 1 aliphatic heterocycles. The van der Waals surface area contributed by atoms with Gasteiger partial charge in [-0.05, 0) is 25.2 Å². The van der Waals surface area contributed by atoms with E-state index >= 15 is 0 Å². The molecule has 210 valence electrons. The van der Waals surface area contributed by atoms with Crippen LogP contribution in [-0.2, 0) is 6.54 Å². The fraction of sp³-hybridized carbons (Fsp3) is 0.571. The van der Waals surface area contributed by atoms with Gasteiger partial charge in [0.1, 0.15) is 6.54 Å². The lowest BCUT2D eigenvalue weighted by Crippen LogP contribution is -2.37. The van der Waals surface area contributed by atoms with E-state index in [1.807, 2.05) is 33.1 Å². The van der Waals surface area contributed by atoms with Crippen molar-refractivity contribution in [3.63, 3.8) is 0 Å². The van der Waals surface area contributed by atoms with Gasteiger partial charge in [-0.1, -0.05) is 81.9 Å². The van der Waals surface area contributed by atoms with Crippen molar-refractivity contribution in [2.75, 3.05) is 6.54 Å². The van der Waals surface area contributed by atoms with Crippen LogP contribution in [0.25, 0.3) is 6.08 Å². The van der Waals surface area contributed by atoms with Crippen LogP contribution in [0.5, 0.6) is 0 Å². The number of allylic oxidation sites excluding steroid dienone is 1. The zero-order valence-corrected chi connectivity index (χ0v) is 24.8. The van der Waals surface area contributed by atoms with Crippen LogP contribution in [0.4, 0.5) is 0 Å². The fourth-order valence-electron chi connectivity index (χ4n) is 4.12. The summed E-state index contributed by atoms with van der Waals surface area (Å²) in [5.41, 5.74) is 0.644. The van der Waals surface area contributed by atoms with Crippen molar-refractivity contribution in [3.8, 4) is 0 Å². The number of carbonyl (C=O) groups excluding carboxylic acids is 1. The first-order valence-electron chi connectivity index (χ1n) is 13.6. The minimum atomic E-state index is -1.59. The number of H-pyrrole nitrogens is 2. The molecular weight excluding hydrogens is 520 g/mol. The number of carbonyl (C=O) groups is 1. The first kappa shape index (κ1) is 31.6. The van der Waals surface area contributed by atoms with E-state index in [2.05, 4.69) is 54.0 Å². The zero-order chi connectivity index (χ0) is 27.9. The number of hydrogen-bond donors (Lipinski definition) is 2. The summed E-state index contributed by atoms with van der Waals surface area (Å²) in [5.74, 6) is -1.59. The third-order valence-electron chi connectivity index (χ3n) is 6.28. The van der Waals surface area contributed by atoms with E-state index in [-0.39, 0.29) is 0 Å². The lowest BCUT2D eigenvalue weighted by Gasteiger charge is -2.21. The van der Waals surface area contributed by atoms with Gasteiger partial charge in [0.25, 0.3) is 10.6 Å². The van der Waals surface area contributed by atoms with Gasteiger partial charge in [0.2, 0.25) is 0 Å². The van der Waals surface area contributed by atoms with Crippen molar-refractivity contribution < 1.29 is 14.5 Å². The number of rotatable bonds is 14. The van der Waals surface area contributed by atoms with Gasteiger partial charge in [0, 0.05) is 31.7 Å². The second-order valence-corrected chi connectivity index (χ2v) is 11.3. The van der Waals surface area contributed by atoms with Gasteiger partial charge >= 0.3 is 5.69 Å². The molecule has 10 heteroatoms. The van der Waals surface area contributed by atoms with Crippen molar-refractivity contribution in [3.05, 3.63) is 64.8 Å². The van der Waals surface area contributed by atoms with Crippen LogP contribution in [-0.4, -0.2) is 27.4 Å². The van der Waals surface area contributed by atoms with E-state index in [1.165, 1.54) is 85.6 Å². The predicted octanol–water partition coefficient (Wildman–Crippen LogP) is 4.92. The monoisotopic (exact) mass is 562 g/mol. The number of nitrogens with zero attached hydrogens (tertiary/aromatic N) is 2. The number of carboxylic acid groups (broad SMARTS) is 1. The molecule has 2 aromatic rings. The molecule has 3 heterocycles. The quantitative estimate of drug-likeness (QED) is 0.250. The molecule has 2 aromatic heterocycles. The average molecular weight is 563 g/mol. The SMILES string of the molecule is CCCCCCCN1C(C)=CSC1=Cc1scc(C)[n+]1CCCCCCC.O=C([O-])c1cc(=O)[nH]c(=O)[nH]1. The molecule has 0 fully saturated rings. The number of thioether (sulfide) groups is 1. The Hall–Kier alpha value is -2.59. The van der Waals surface area contributed by atoms with Crippen molar-refractivity contribution in [2.24, 2.45) is 0 Å². The first-order valence-corrected chi connectivity index (χ1v) is 15.4. The molecule has 0 bridgehead atoms. The summed E-state index contributed by atoms with van der Waals surface area (Å²) in [6.07, 6.45) is 15.9. The Morgan fingerprint density at radius 1 is 1.00 bits per heavy atom. The number of carboxylic acids is 1. The molecule has 0 saturated carbocycles. The third kappa shape index (κ3) is 10.6. The van der Waals surface area contributed by atoms with Gasteiger partial charge in [-0.3, -0.25) is 9.78 Å². The van der Waals surface area contributed by atoms with Crippen LogP contribution >= 0.6 is 23.1 Å². The van der Waals surface area contributed by atoms with E-state index in [1.54, 1.807) is 0 Å². The first-order chi connectivity index (χ1) is 18.3. The Balaban J connectivity index is 0.000000384. The second kappa shape index (κ2) is 17.1.